The highest BCUT2D eigenvalue weighted by atomic mass is 35.5. The van der Waals surface area contributed by atoms with Gasteiger partial charge in [-0.15, -0.1) is 0 Å². The molecule has 2 aromatic rings. The quantitative estimate of drug-likeness (QED) is 0.796. The molecule has 0 saturated carbocycles. The van der Waals surface area contributed by atoms with Crippen LogP contribution in [-0.2, 0) is 9.53 Å². The van der Waals surface area contributed by atoms with Crippen molar-refractivity contribution < 1.29 is 23.5 Å². The maximum atomic E-state index is 13.5. The minimum absolute atomic E-state index is 0.149. The van der Waals surface area contributed by atoms with Crippen LogP contribution in [0.5, 0.6) is 0 Å². The molecule has 0 bridgehead atoms. The Balaban J connectivity index is 1.87. The minimum Gasteiger partial charge on any atom is -0.452 e. The van der Waals surface area contributed by atoms with E-state index in [1.165, 1.54) is 6.07 Å². The molecule has 0 heterocycles. The van der Waals surface area contributed by atoms with E-state index in [-0.39, 0.29) is 5.02 Å². The number of aryl methyl sites for hydroxylation is 2. The molecule has 0 aliphatic carbocycles. The Labute approximate surface area is 154 Å². The van der Waals surface area contributed by atoms with E-state index in [1.807, 2.05) is 31.3 Å². The van der Waals surface area contributed by atoms with Crippen LogP contribution in [0.2, 0.25) is 5.02 Å². The fourth-order valence-electron chi connectivity index (χ4n) is 2.13. The number of imide groups is 1. The summed E-state index contributed by atoms with van der Waals surface area (Å²) in [5.74, 6) is -2.75. The Morgan fingerprint density at radius 3 is 2.54 bits per heavy atom. The van der Waals surface area contributed by atoms with E-state index >= 15 is 0 Å². The van der Waals surface area contributed by atoms with Crippen molar-refractivity contribution >= 4 is 35.2 Å². The van der Waals surface area contributed by atoms with Crippen LogP contribution in [0.1, 0.15) is 21.5 Å². The lowest BCUT2D eigenvalue weighted by Gasteiger charge is -2.10. The summed E-state index contributed by atoms with van der Waals surface area (Å²) in [7, 11) is 0. The predicted molar refractivity (Wildman–Crippen MR) is 94.8 cm³/mol. The monoisotopic (exact) mass is 378 g/mol. The number of anilines is 1. The standard InChI is InChI=1S/C18H16ClFN2O4/c1-10-3-6-15(11(2)7-10)21-18(25)22-16(23)9-26-17(24)13-8-12(19)4-5-14(13)20/h3-8H,9H2,1-2H3,(H2,21,22,23,25). The van der Waals surface area contributed by atoms with Gasteiger partial charge in [0.1, 0.15) is 5.82 Å². The summed E-state index contributed by atoms with van der Waals surface area (Å²) in [5.41, 5.74) is 2.00. The molecule has 136 valence electrons. The van der Waals surface area contributed by atoms with Gasteiger partial charge < -0.3 is 10.1 Å². The lowest BCUT2D eigenvalue weighted by atomic mass is 10.1. The third-order valence-corrected chi connectivity index (χ3v) is 3.60. The highest BCUT2D eigenvalue weighted by Crippen LogP contribution is 2.16. The van der Waals surface area contributed by atoms with Crippen molar-refractivity contribution in [2.45, 2.75) is 13.8 Å². The number of hydrogen-bond acceptors (Lipinski definition) is 4. The van der Waals surface area contributed by atoms with Crippen LogP contribution in [0, 0.1) is 19.7 Å². The first-order valence-corrected chi connectivity index (χ1v) is 7.94. The molecule has 0 aromatic heterocycles. The van der Waals surface area contributed by atoms with Crippen molar-refractivity contribution in [1.29, 1.82) is 0 Å². The zero-order valence-electron chi connectivity index (χ0n) is 14.1. The van der Waals surface area contributed by atoms with Gasteiger partial charge in [-0.3, -0.25) is 10.1 Å². The predicted octanol–water partition coefficient (Wildman–Crippen LogP) is 3.60. The van der Waals surface area contributed by atoms with E-state index < -0.39 is 35.9 Å². The molecule has 26 heavy (non-hydrogen) atoms. The first-order chi connectivity index (χ1) is 12.3. The van der Waals surface area contributed by atoms with E-state index in [0.29, 0.717) is 5.69 Å². The number of hydrogen-bond donors (Lipinski definition) is 2. The summed E-state index contributed by atoms with van der Waals surface area (Å²) in [5, 5.41) is 4.68. The normalized spacial score (nSPS) is 10.2. The van der Waals surface area contributed by atoms with Crippen molar-refractivity contribution in [3.8, 4) is 0 Å². The number of ether oxygens (including phenoxy) is 1. The maximum Gasteiger partial charge on any atom is 0.341 e. The molecule has 0 atom stereocenters. The van der Waals surface area contributed by atoms with Crippen LogP contribution >= 0.6 is 11.6 Å². The van der Waals surface area contributed by atoms with Gasteiger partial charge in [-0.2, -0.15) is 0 Å². The van der Waals surface area contributed by atoms with E-state index in [1.54, 1.807) is 6.07 Å². The fourth-order valence-corrected chi connectivity index (χ4v) is 2.30. The van der Waals surface area contributed by atoms with Crippen LogP contribution in [0.25, 0.3) is 0 Å². The van der Waals surface area contributed by atoms with Crippen LogP contribution in [0.15, 0.2) is 36.4 Å². The SMILES string of the molecule is Cc1ccc(NC(=O)NC(=O)COC(=O)c2cc(Cl)ccc2F)c(C)c1. The zero-order valence-corrected chi connectivity index (χ0v) is 14.8. The second kappa shape index (κ2) is 8.44. The van der Waals surface area contributed by atoms with Crippen LogP contribution in [-0.4, -0.2) is 24.5 Å². The largest absolute Gasteiger partial charge is 0.452 e. The maximum absolute atomic E-state index is 13.5. The summed E-state index contributed by atoms with van der Waals surface area (Å²) < 4.78 is 18.2. The van der Waals surface area contributed by atoms with Crippen molar-refractivity contribution in [3.63, 3.8) is 0 Å². The van der Waals surface area contributed by atoms with Crippen LogP contribution in [0.4, 0.5) is 14.9 Å². The van der Waals surface area contributed by atoms with Gasteiger partial charge in [0.15, 0.2) is 6.61 Å². The van der Waals surface area contributed by atoms with Gasteiger partial charge in [-0.05, 0) is 43.7 Å². The Bertz CT molecular complexity index is 870. The second-order valence-electron chi connectivity index (χ2n) is 5.52. The lowest BCUT2D eigenvalue weighted by Crippen LogP contribution is -2.37. The van der Waals surface area contributed by atoms with Gasteiger partial charge in [0, 0.05) is 10.7 Å². The fraction of sp³-hybridized carbons (Fsp3) is 0.167. The van der Waals surface area contributed by atoms with E-state index in [2.05, 4.69) is 10.1 Å². The van der Waals surface area contributed by atoms with E-state index in [0.717, 1.165) is 23.3 Å². The first kappa shape index (κ1) is 19.4. The molecule has 0 saturated heterocycles. The molecular formula is C18H16ClFN2O4. The average molecular weight is 379 g/mol. The second-order valence-corrected chi connectivity index (χ2v) is 5.96. The Morgan fingerprint density at radius 2 is 1.85 bits per heavy atom. The molecular weight excluding hydrogens is 363 g/mol. The zero-order chi connectivity index (χ0) is 19.3. The number of carbonyl (C=O) groups excluding carboxylic acids is 3. The average Bonchev–Trinajstić information content (AvgIpc) is 2.57. The number of amides is 3. The summed E-state index contributed by atoms with van der Waals surface area (Å²) in [4.78, 5) is 35.3. The summed E-state index contributed by atoms with van der Waals surface area (Å²) in [6.07, 6.45) is 0. The molecule has 0 unspecified atom stereocenters. The molecule has 0 fully saturated rings. The van der Waals surface area contributed by atoms with Crippen molar-refractivity contribution in [1.82, 2.24) is 5.32 Å². The highest BCUT2D eigenvalue weighted by Gasteiger charge is 2.16. The van der Waals surface area contributed by atoms with E-state index in [9.17, 15) is 18.8 Å². The third kappa shape index (κ3) is 5.29. The molecule has 2 rings (SSSR count). The number of carbonyl (C=O) groups is 3. The molecule has 2 N–H and O–H groups in total. The number of esters is 1. The van der Waals surface area contributed by atoms with Crippen molar-refractivity contribution in [2.24, 2.45) is 0 Å². The van der Waals surface area contributed by atoms with Crippen molar-refractivity contribution in [3.05, 3.63) is 63.9 Å². The Kier molecular flexibility index (Phi) is 6.30. The molecule has 0 spiro atoms. The van der Waals surface area contributed by atoms with Gasteiger partial charge in [-0.1, -0.05) is 29.3 Å². The van der Waals surface area contributed by atoms with Gasteiger partial charge in [0.25, 0.3) is 5.91 Å². The number of halogens is 2. The first-order valence-electron chi connectivity index (χ1n) is 7.56. The molecule has 8 heteroatoms. The summed E-state index contributed by atoms with van der Waals surface area (Å²) >= 11 is 5.69. The number of urea groups is 1. The van der Waals surface area contributed by atoms with Crippen molar-refractivity contribution in [2.75, 3.05) is 11.9 Å². The Hall–Kier alpha value is -2.93. The number of benzene rings is 2. The summed E-state index contributed by atoms with van der Waals surface area (Å²) in [6.45, 7) is 2.98. The topological polar surface area (TPSA) is 84.5 Å². The van der Waals surface area contributed by atoms with Crippen LogP contribution in [0.3, 0.4) is 0 Å². The number of nitrogens with one attached hydrogen (secondary N) is 2. The minimum atomic E-state index is -1.06. The third-order valence-electron chi connectivity index (χ3n) is 3.37. The molecule has 6 nitrogen and oxygen atoms in total. The molecule has 0 radical (unpaired) electrons. The van der Waals surface area contributed by atoms with Gasteiger partial charge in [0.05, 0.1) is 5.56 Å². The van der Waals surface area contributed by atoms with Gasteiger partial charge in [-0.25, -0.2) is 14.0 Å². The van der Waals surface area contributed by atoms with Gasteiger partial charge >= 0.3 is 12.0 Å². The highest BCUT2D eigenvalue weighted by molar-refractivity contribution is 6.30. The van der Waals surface area contributed by atoms with E-state index in [4.69, 9.17) is 11.6 Å². The molecule has 3 amide bonds. The molecule has 2 aromatic carbocycles. The summed E-state index contributed by atoms with van der Waals surface area (Å²) in [6, 6.07) is 7.99. The lowest BCUT2D eigenvalue weighted by molar-refractivity contribution is -0.123. The molecule has 0 aliphatic heterocycles. The smallest absolute Gasteiger partial charge is 0.341 e. The number of rotatable bonds is 4. The van der Waals surface area contributed by atoms with Gasteiger partial charge in [0.2, 0.25) is 0 Å². The molecule has 0 aliphatic rings. The van der Waals surface area contributed by atoms with Crippen LogP contribution < -0.4 is 10.6 Å². The Morgan fingerprint density at radius 1 is 1.12 bits per heavy atom.